The molecule has 0 saturated heterocycles. The first kappa shape index (κ1) is 15.4. The molecule has 0 aliphatic rings. The van der Waals surface area contributed by atoms with Crippen LogP contribution in [0.4, 0.5) is 0 Å². The molecule has 5 rings (SSSR count). The molecule has 0 unspecified atom stereocenters. The van der Waals surface area contributed by atoms with Gasteiger partial charge in [-0.05, 0) is 59.3 Å². The Morgan fingerprint density at radius 1 is 0.867 bits per heavy atom. The summed E-state index contributed by atoms with van der Waals surface area (Å²) in [5.41, 5.74) is 6.19. The summed E-state index contributed by atoms with van der Waals surface area (Å²) >= 11 is 0. The Hall–Kier alpha value is -3.46. The molecule has 5 aromatic rings. The fourth-order valence-corrected chi connectivity index (χ4v) is 3.80. The van der Waals surface area contributed by atoms with Crippen molar-refractivity contribution >= 4 is 22.1 Å². The summed E-state index contributed by atoms with van der Waals surface area (Å²) in [6, 6.07) is 21.8. The van der Waals surface area contributed by atoms with Gasteiger partial charge in [0.05, 0.1) is 5.69 Å². The molecular weight excluding hydrogens is 368 g/mol. The van der Waals surface area contributed by atoms with E-state index in [9.17, 15) is 0 Å². The third kappa shape index (κ3) is 3.17. The fourth-order valence-electron chi connectivity index (χ4n) is 3.80. The molecule has 0 spiro atoms. The van der Waals surface area contributed by atoms with Crippen molar-refractivity contribution in [3.63, 3.8) is 0 Å². The van der Waals surface area contributed by atoms with E-state index in [1.54, 1.807) is 12.3 Å². The molecule has 3 aromatic heterocycles. The number of para-hydroxylation sites is 1. The Morgan fingerprint density at radius 3 is 2.47 bits per heavy atom. The molecule has 3 nitrogen and oxygen atoms in total. The molecule has 0 aliphatic heterocycles. The number of hydrogen-bond donors (Lipinski definition) is 0. The van der Waals surface area contributed by atoms with Crippen molar-refractivity contribution in [2.24, 2.45) is 0 Å². The molecule has 0 atom stereocenters. The molecule has 3 heteroatoms. The Morgan fingerprint density at radius 2 is 1.70 bits per heavy atom. The van der Waals surface area contributed by atoms with E-state index in [1.807, 2.05) is 24.3 Å². The van der Waals surface area contributed by atoms with Crippen molar-refractivity contribution < 1.29 is 8.53 Å². The van der Waals surface area contributed by atoms with Crippen LogP contribution in [0.3, 0.4) is 0 Å². The molecule has 2 aromatic carbocycles. The van der Waals surface area contributed by atoms with E-state index in [2.05, 4.69) is 61.1 Å². The highest BCUT2D eigenvalue weighted by atomic mass is 16.3. The van der Waals surface area contributed by atoms with Gasteiger partial charge in [0.2, 0.25) is 5.71 Å². The lowest BCUT2D eigenvalue weighted by molar-refractivity contribution is 0.590. The van der Waals surface area contributed by atoms with Gasteiger partial charge in [0.1, 0.15) is 5.58 Å². The van der Waals surface area contributed by atoms with Crippen molar-refractivity contribution in [2.45, 2.75) is 33.0 Å². The van der Waals surface area contributed by atoms with Crippen LogP contribution in [0.25, 0.3) is 44.5 Å². The van der Waals surface area contributed by atoms with E-state index in [0.717, 1.165) is 33.2 Å². The summed E-state index contributed by atoms with van der Waals surface area (Å²) in [6.07, 6.45) is 1.80. The van der Waals surface area contributed by atoms with Crippen molar-refractivity contribution in [3.05, 3.63) is 84.2 Å². The summed E-state index contributed by atoms with van der Waals surface area (Å²) in [5, 5.41) is 1.67. The van der Waals surface area contributed by atoms with E-state index < -0.39 is 6.85 Å². The van der Waals surface area contributed by atoms with Gasteiger partial charge in [0.15, 0.2) is 0 Å². The molecule has 0 bridgehead atoms. The SMILES string of the molecule is [2H]C([2H])([2H])c1ccc2c(n1)oc1c(-c3cc(-c4ccc(C(C)(C)C)cc4)ccn3)cccc12. The highest BCUT2D eigenvalue weighted by molar-refractivity contribution is 6.08. The van der Waals surface area contributed by atoms with Crippen LogP contribution in [-0.2, 0) is 5.41 Å². The summed E-state index contributed by atoms with van der Waals surface area (Å²) in [5.74, 6) is 0. The minimum Gasteiger partial charge on any atom is -0.437 e. The number of rotatable bonds is 2. The van der Waals surface area contributed by atoms with Crippen molar-refractivity contribution in [1.29, 1.82) is 0 Å². The van der Waals surface area contributed by atoms with Crippen LogP contribution < -0.4 is 0 Å². The van der Waals surface area contributed by atoms with E-state index >= 15 is 0 Å². The Labute approximate surface area is 180 Å². The average Bonchev–Trinajstić information content (AvgIpc) is 3.16. The zero-order valence-corrected chi connectivity index (χ0v) is 17.2. The average molecular weight is 396 g/mol. The minimum atomic E-state index is -2.28. The summed E-state index contributed by atoms with van der Waals surface area (Å²) < 4.78 is 29.0. The molecule has 0 saturated carbocycles. The Bertz CT molecular complexity index is 1480. The van der Waals surface area contributed by atoms with Crippen LogP contribution in [0.1, 0.15) is 36.1 Å². The summed E-state index contributed by atoms with van der Waals surface area (Å²) in [4.78, 5) is 8.86. The van der Waals surface area contributed by atoms with Gasteiger partial charge in [-0.2, -0.15) is 0 Å². The monoisotopic (exact) mass is 395 g/mol. The molecule has 0 radical (unpaired) electrons. The second kappa shape index (κ2) is 6.81. The lowest BCUT2D eigenvalue weighted by atomic mass is 9.86. The molecule has 0 amide bonds. The number of benzene rings is 2. The van der Waals surface area contributed by atoms with E-state index in [1.165, 1.54) is 11.6 Å². The zero-order valence-electron chi connectivity index (χ0n) is 20.2. The molecule has 0 N–H and O–H groups in total. The van der Waals surface area contributed by atoms with Crippen LogP contribution in [0, 0.1) is 6.85 Å². The maximum Gasteiger partial charge on any atom is 0.227 e. The molecule has 0 aliphatic carbocycles. The molecule has 0 fully saturated rings. The van der Waals surface area contributed by atoms with Crippen LogP contribution in [-0.4, -0.2) is 9.97 Å². The largest absolute Gasteiger partial charge is 0.437 e. The number of nitrogens with zero attached hydrogens (tertiary/aromatic N) is 2. The number of aryl methyl sites for hydroxylation is 1. The smallest absolute Gasteiger partial charge is 0.227 e. The van der Waals surface area contributed by atoms with Crippen LogP contribution in [0.2, 0.25) is 0 Å². The number of hydrogen-bond acceptors (Lipinski definition) is 3. The van der Waals surface area contributed by atoms with Crippen molar-refractivity contribution in [2.75, 3.05) is 0 Å². The van der Waals surface area contributed by atoms with Crippen molar-refractivity contribution in [1.82, 2.24) is 9.97 Å². The quantitative estimate of drug-likeness (QED) is 0.314. The van der Waals surface area contributed by atoms with Gasteiger partial charge in [-0.1, -0.05) is 57.2 Å². The molecular formula is C27H24N2O. The van der Waals surface area contributed by atoms with E-state index in [0.29, 0.717) is 11.3 Å². The Balaban J connectivity index is 1.61. The number of aromatic nitrogens is 2. The maximum absolute atomic E-state index is 7.63. The first-order valence-corrected chi connectivity index (χ1v) is 10.0. The zero-order chi connectivity index (χ0) is 23.4. The lowest BCUT2D eigenvalue weighted by Gasteiger charge is -2.19. The molecule has 148 valence electrons. The lowest BCUT2D eigenvalue weighted by Crippen LogP contribution is -2.10. The van der Waals surface area contributed by atoms with Gasteiger partial charge < -0.3 is 4.42 Å². The molecule has 30 heavy (non-hydrogen) atoms. The first-order chi connectivity index (χ1) is 15.6. The van der Waals surface area contributed by atoms with E-state index in [-0.39, 0.29) is 11.1 Å². The summed E-state index contributed by atoms with van der Waals surface area (Å²) in [6.45, 7) is 4.33. The third-order valence-electron chi connectivity index (χ3n) is 5.48. The minimum absolute atomic E-state index is 0.0226. The fraction of sp³-hybridized carbons (Fsp3) is 0.185. The summed E-state index contributed by atoms with van der Waals surface area (Å²) in [7, 11) is 0. The van der Waals surface area contributed by atoms with Gasteiger partial charge in [-0.25, -0.2) is 4.98 Å². The standard InChI is InChI=1S/C27H24N2O/c1-17-8-13-22-21-6-5-7-23(25(21)30-26(22)29-17)24-16-19(14-15-28-24)18-9-11-20(12-10-18)27(2,3)4/h5-16H,1-4H3/i1D3. The second-order valence-electron chi connectivity index (χ2n) is 8.59. The highest BCUT2D eigenvalue weighted by Gasteiger charge is 2.15. The molecule has 3 heterocycles. The Kier molecular flexibility index (Phi) is 3.49. The normalized spacial score (nSPS) is 13.9. The van der Waals surface area contributed by atoms with Gasteiger partial charge >= 0.3 is 0 Å². The number of furan rings is 1. The third-order valence-corrected chi connectivity index (χ3v) is 5.48. The second-order valence-corrected chi connectivity index (χ2v) is 8.59. The van der Waals surface area contributed by atoms with Crippen molar-refractivity contribution in [3.8, 4) is 22.4 Å². The topological polar surface area (TPSA) is 38.9 Å². The van der Waals surface area contributed by atoms with Crippen LogP contribution in [0.15, 0.2) is 77.3 Å². The van der Waals surface area contributed by atoms with Gasteiger partial charge in [0, 0.05) is 32.3 Å². The highest BCUT2D eigenvalue weighted by Crippen LogP contribution is 2.35. The van der Waals surface area contributed by atoms with Gasteiger partial charge in [-0.15, -0.1) is 0 Å². The predicted molar refractivity (Wildman–Crippen MR) is 124 cm³/mol. The number of fused-ring (bicyclic) bond motifs is 3. The van der Waals surface area contributed by atoms with E-state index in [4.69, 9.17) is 8.53 Å². The van der Waals surface area contributed by atoms with Crippen LogP contribution in [0.5, 0.6) is 0 Å². The van der Waals surface area contributed by atoms with Crippen LogP contribution >= 0.6 is 0 Å². The maximum atomic E-state index is 7.63. The number of pyridine rings is 2. The van der Waals surface area contributed by atoms with Gasteiger partial charge in [0.25, 0.3) is 0 Å². The first-order valence-electron chi connectivity index (χ1n) is 11.5. The van der Waals surface area contributed by atoms with Gasteiger partial charge in [-0.3, -0.25) is 4.98 Å². The predicted octanol–water partition coefficient (Wildman–Crippen LogP) is 7.32.